The average molecular weight is 370 g/mol. The van der Waals surface area contributed by atoms with Crippen LogP contribution in [0.1, 0.15) is 37.3 Å². The molecular weight excluding hydrogens is 348 g/mol. The van der Waals surface area contributed by atoms with Crippen molar-refractivity contribution >= 4 is 11.5 Å². The smallest absolute Gasteiger partial charge is 0.374 e. The van der Waals surface area contributed by atoms with Gasteiger partial charge in [0, 0.05) is 17.5 Å². The molecule has 0 bridgehead atoms. The maximum Gasteiger partial charge on any atom is 0.374 e. The molecule has 27 heavy (non-hydrogen) atoms. The van der Waals surface area contributed by atoms with E-state index >= 15 is 0 Å². The van der Waals surface area contributed by atoms with Crippen molar-refractivity contribution in [3.05, 3.63) is 47.8 Å². The zero-order chi connectivity index (χ0) is 19.3. The number of benzene rings is 1. The molecule has 4 rings (SSSR count). The molecule has 0 saturated heterocycles. The fourth-order valence-corrected chi connectivity index (χ4v) is 3.96. The summed E-state index contributed by atoms with van der Waals surface area (Å²) < 4.78 is 22.6. The Bertz CT molecular complexity index is 892. The number of carbonyl (C=O) groups is 1. The van der Waals surface area contributed by atoms with Crippen LogP contribution in [0, 0.1) is 0 Å². The lowest BCUT2D eigenvalue weighted by Crippen LogP contribution is -2.45. The summed E-state index contributed by atoms with van der Waals surface area (Å²) >= 11 is 0. The number of esters is 1. The molecule has 1 aromatic rings. The first-order valence-corrected chi connectivity index (χ1v) is 8.94. The average Bonchev–Trinajstić information content (AvgIpc) is 2.99. The second-order valence-corrected chi connectivity index (χ2v) is 7.10. The zero-order valence-corrected chi connectivity index (χ0v) is 15.6. The molecule has 0 saturated carbocycles. The molecule has 1 N–H and O–H groups in total. The third-order valence-electron chi connectivity index (χ3n) is 5.17. The number of fused-ring (bicyclic) bond motifs is 4. The lowest BCUT2D eigenvalue weighted by atomic mass is 9.78. The fourth-order valence-electron chi connectivity index (χ4n) is 3.96. The van der Waals surface area contributed by atoms with Crippen LogP contribution < -0.4 is 14.2 Å². The number of allylic oxidation sites excluding steroid dienone is 2. The number of methoxy groups -OCH3 is 1. The van der Waals surface area contributed by atoms with Gasteiger partial charge in [0.2, 0.25) is 5.76 Å². The molecule has 142 valence electrons. The van der Waals surface area contributed by atoms with Crippen molar-refractivity contribution < 1.29 is 28.8 Å². The van der Waals surface area contributed by atoms with Gasteiger partial charge in [-0.1, -0.05) is 18.7 Å². The van der Waals surface area contributed by atoms with E-state index in [1.54, 1.807) is 33.1 Å². The van der Waals surface area contributed by atoms with E-state index in [1.165, 1.54) is 0 Å². The van der Waals surface area contributed by atoms with Crippen molar-refractivity contribution in [1.82, 2.24) is 0 Å². The predicted molar refractivity (Wildman–Crippen MR) is 98.9 cm³/mol. The molecule has 6 heteroatoms. The van der Waals surface area contributed by atoms with E-state index < -0.39 is 17.7 Å². The van der Waals surface area contributed by atoms with Crippen LogP contribution >= 0.6 is 0 Å². The lowest BCUT2D eigenvalue weighted by Gasteiger charge is -2.34. The Kier molecular flexibility index (Phi) is 4.03. The largest absolute Gasteiger partial charge is 0.496 e. The summed E-state index contributed by atoms with van der Waals surface area (Å²) in [6, 6.07) is 1.73. The van der Waals surface area contributed by atoms with Crippen LogP contribution in [0.2, 0.25) is 0 Å². The third kappa shape index (κ3) is 2.63. The van der Waals surface area contributed by atoms with Crippen molar-refractivity contribution in [1.29, 1.82) is 0 Å². The predicted octanol–water partition coefficient (Wildman–Crippen LogP) is 3.10. The van der Waals surface area contributed by atoms with Crippen LogP contribution in [0.3, 0.4) is 0 Å². The van der Waals surface area contributed by atoms with Gasteiger partial charge in [-0.3, -0.25) is 0 Å². The summed E-state index contributed by atoms with van der Waals surface area (Å²) in [5.74, 6) is 0.963. The fraction of sp³-hybridized carbons (Fsp3) is 0.381. The number of hydrogen-bond acceptors (Lipinski definition) is 6. The highest BCUT2D eigenvalue weighted by Gasteiger charge is 2.48. The van der Waals surface area contributed by atoms with E-state index in [0.717, 1.165) is 5.56 Å². The van der Waals surface area contributed by atoms with Gasteiger partial charge in [-0.25, -0.2) is 4.79 Å². The van der Waals surface area contributed by atoms with Crippen molar-refractivity contribution in [3.63, 3.8) is 0 Å². The molecule has 0 radical (unpaired) electrons. The van der Waals surface area contributed by atoms with Gasteiger partial charge in [-0.05, 0) is 31.9 Å². The lowest BCUT2D eigenvalue weighted by molar-refractivity contribution is -0.141. The summed E-state index contributed by atoms with van der Waals surface area (Å²) in [5.41, 5.74) is 1.13. The highest BCUT2D eigenvalue weighted by molar-refractivity contribution is 5.95. The van der Waals surface area contributed by atoms with Crippen molar-refractivity contribution in [2.45, 2.75) is 37.9 Å². The Morgan fingerprint density at radius 1 is 1.44 bits per heavy atom. The highest BCUT2D eigenvalue weighted by atomic mass is 16.6. The quantitative estimate of drug-likeness (QED) is 0.651. The van der Waals surface area contributed by atoms with Gasteiger partial charge in [0.25, 0.3) is 0 Å². The van der Waals surface area contributed by atoms with Gasteiger partial charge < -0.3 is 24.1 Å². The first kappa shape index (κ1) is 17.7. The van der Waals surface area contributed by atoms with Crippen LogP contribution in [0.15, 0.2) is 36.6 Å². The van der Waals surface area contributed by atoms with E-state index in [-0.39, 0.29) is 18.3 Å². The molecule has 3 aliphatic rings. The van der Waals surface area contributed by atoms with E-state index in [0.29, 0.717) is 34.8 Å². The molecule has 6 nitrogen and oxygen atoms in total. The van der Waals surface area contributed by atoms with Crippen LogP contribution in [0.5, 0.6) is 17.2 Å². The third-order valence-corrected chi connectivity index (χ3v) is 5.17. The van der Waals surface area contributed by atoms with Gasteiger partial charge >= 0.3 is 5.97 Å². The first-order chi connectivity index (χ1) is 12.9. The number of ether oxygens (including phenoxy) is 4. The number of rotatable bonds is 3. The molecular formula is C21H22O6. The van der Waals surface area contributed by atoms with Crippen LogP contribution in [-0.2, 0) is 9.53 Å². The molecule has 0 aromatic heterocycles. The minimum absolute atomic E-state index is 0.0682. The van der Waals surface area contributed by atoms with Gasteiger partial charge in [0.1, 0.15) is 29.0 Å². The molecule has 0 fully saturated rings. The van der Waals surface area contributed by atoms with E-state index in [1.807, 2.05) is 12.2 Å². The molecule has 2 aliphatic heterocycles. The molecule has 0 unspecified atom stereocenters. The van der Waals surface area contributed by atoms with Gasteiger partial charge in [-0.15, -0.1) is 0 Å². The van der Waals surface area contributed by atoms with Gasteiger partial charge in [0.05, 0.1) is 19.3 Å². The summed E-state index contributed by atoms with van der Waals surface area (Å²) in [5, 5.41) is 10.7. The van der Waals surface area contributed by atoms with Crippen LogP contribution in [0.4, 0.5) is 0 Å². The summed E-state index contributed by atoms with van der Waals surface area (Å²) in [6.07, 6.45) is 5.65. The highest BCUT2D eigenvalue weighted by Crippen LogP contribution is 2.55. The van der Waals surface area contributed by atoms with Crippen LogP contribution in [-0.4, -0.2) is 36.5 Å². The van der Waals surface area contributed by atoms with Crippen molar-refractivity contribution in [3.8, 4) is 17.2 Å². The Hall–Kier alpha value is -2.73. The normalized spacial score (nSPS) is 27.6. The molecule has 1 aliphatic carbocycles. The summed E-state index contributed by atoms with van der Waals surface area (Å²) in [4.78, 5) is 12.1. The second kappa shape index (κ2) is 6.16. The maximum absolute atomic E-state index is 12.1. The number of hydrogen-bond donors (Lipinski definition) is 1. The summed E-state index contributed by atoms with van der Waals surface area (Å²) in [7, 11) is 1.58. The van der Waals surface area contributed by atoms with E-state index in [4.69, 9.17) is 18.9 Å². The minimum atomic E-state index is -0.990. The number of carbonyl (C=O) groups excluding carboxylic acids is 1. The zero-order valence-electron chi connectivity index (χ0n) is 15.6. The monoisotopic (exact) mass is 370 g/mol. The second-order valence-electron chi connectivity index (χ2n) is 7.10. The van der Waals surface area contributed by atoms with Crippen molar-refractivity contribution in [2.75, 3.05) is 13.7 Å². The molecule has 0 spiro atoms. The molecule has 1 aromatic carbocycles. The summed E-state index contributed by atoms with van der Waals surface area (Å²) in [6.45, 7) is 7.81. The van der Waals surface area contributed by atoms with Gasteiger partial charge in [-0.2, -0.15) is 0 Å². The number of aliphatic hydroxyl groups is 1. The van der Waals surface area contributed by atoms with Gasteiger partial charge in [0.15, 0.2) is 0 Å². The van der Waals surface area contributed by atoms with E-state index in [9.17, 15) is 9.90 Å². The Balaban J connectivity index is 1.82. The SMILES string of the molecule is C=C1C=C(C(=O)OCC)Oc2cc3c(c(OC)c21)[C@@H]1C=CC[C@@](C)(O)[C@H]1O3. The topological polar surface area (TPSA) is 74.2 Å². The first-order valence-electron chi connectivity index (χ1n) is 8.94. The Morgan fingerprint density at radius 3 is 2.93 bits per heavy atom. The molecule has 0 amide bonds. The standard InChI is InChI=1S/C21H22O6/c1-5-25-20(22)15-9-11(2)16-13(26-15)10-14-17(18(16)24-4)12-7-6-8-21(3,23)19(12)27-14/h6-7,9-10,12,19,23H,2,5,8H2,1,3-4H3/t12-,19-,21+/m0/s1. The Labute approximate surface area is 157 Å². The minimum Gasteiger partial charge on any atom is -0.496 e. The van der Waals surface area contributed by atoms with Crippen molar-refractivity contribution in [2.24, 2.45) is 0 Å². The maximum atomic E-state index is 12.1. The molecule has 3 atom stereocenters. The molecule has 2 heterocycles. The van der Waals surface area contributed by atoms with Crippen LogP contribution in [0.25, 0.3) is 5.57 Å². The van der Waals surface area contributed by atoms with E-state index in [2.05, 4.69) is 6.58 Å². The Morgan fingerprint density at radius 2 is 2.22 bits per heavy atom.